The van der Waals surface area contributed by atoms with Gasteiger partial charge in [0, 0.05) is 10.5 Å². The van der Waals surface area contributed by atoms with E-state index in [0.29, 0.717) is 6.04 Å². The van der Waals surface area contributed by atoms with Crippen LogP contribution in [0.15, 0.2) is 28.7 Å². The fourth-order valence-electron chi connectivity index (χ4n) is 1.99. The summed E-state index contributed by atoms with van der Waals surface area (Å²) >= 11 is 3.62. The molecule has 1 aromatic rings. The Hall–Kier alpha value is -0.340. The van der Waals surface area contributed by atoms with Gasteiger partial charge in [0.05, 0.1) is 0 Å². The molecule has 0 aliphatic rings. The lowest BCUT2D eigenvalue weighted by atomic mass is 10.0. The summed E-state index contributed by atoms with van der Waals surface area (Å²) in [6.07, 6.45) is 6.53. The quantitative estimate of drug-likeness (QED) is 0.717. The first-order valence-electron chi connectivity index (χ1n) is 6.21. The van der Waals surface area contributed by atoms with Crippen molar-refractivity contribution in [3.05, 3.63) is 34.3 Å². The Bertz CT molecular complexity index is 299. The van der Waals surface area contributed by atoms with Crippen LogP contribution < -0.4 is 5.32 Å². The third-order valence-electron chi connectivity index (χ3n) is 2.98. The van der Waals surface area contributed by atoms with Gasteiger partial charge < -0.3 is 5.32 Å². The van der Waals surface area contributed by atoms with Crippen LogP contribution in [0.5, 0.6) is 0 Å². The standard InChI is InChI=1S/C14H22BrN/c1-3-4-5-6-11-14(16-2)12-9-7-8-10-13(12)15/h7-10,14,16H,3-6,11H2,1-2H3. The smallest absolute Gasteiger partial charge is 0.0328 e. The summed E-state index contributed by atoms with van der Waals surface area (Å²) in [7, 11) is 2.05. The Labute approximate surface area is 108 Å². The number of hydrogen-bond acceptors (Lipinski definition) is 1. The maximum Gasteiger partial charge on any atom is 0.0328 e. The molecule has 0 aliphatic carbocycles. The summed E-state index contributed by atoms with van der Waals surface area (Å²) in [6, 6.07) is 8.97. The van der Waals surface area contributed by atoms with E-state index in [1.165, 1.54) is 42.1 Å². The molecule has 16 heavy (non-hydrogen) atoms. The van der Waals surface area contributed by atoms with Gasteiger partial charge in [-0.05, 0) is 25.1 Å². The zero-order valence-electron chi connectivity index (χ0n) is 10.3. The predicted molar refractivity (Wildman–Crippen MR) is 74.7 cm³/mol. The van der Waals surface area contributed by atoms with Gasteiger partial charge in [-0.25, -0.2) is 0 Å². The van der Waals surface area contributed by atoms with Gasteiger partial charge in [0.25, 0.3) is 0 Å². The summed E-state index contributed by atoms with van der Waals surface area (Å²) in [5.41, 5.74) is 1.38. The lowest BCUT2D eigenvalue weighted by molar-refractivity contribution is 0.504. The third-order valence-corrected chi connectivity index (χ3v) is 3.70. The second-order valence-corrected chi connectivity index (χ2v) is 5.07. The highest BCUT2D eigenvalue weighted by Crippen LogP contribution is 2.26. The van der Waals surface area contributed by atoms with E-state index in [0.717, 1.165) is 0 Å². The Morgan fingerprint density at radius 2 is 1.94 bits per heavy atom. The van der Waals surface area contributed by atoms with Crippen LogP contribution in [0, 0.1) is 0 Å². The van der Waals surface area contributed by atoms with Gasteiger partial charge >= 0.3 is 0 Å². The maximum absolute atomic E-state index is 3.62. The summed E-state index contributed by atoms with van der Waals surface area (Å²) in [6.45, 7) is 2.25. The molecular formula is C14H22BrN. The van der Waals surface area contributed by atoms with Crippen LogP contribution in [0.4, 0.5) is 0 Å². The van der Waals surface area contributed by atoms with Gasteiger partial charge in [-0.1, -0.05) is 66.7 Å². The zero-order valence-corrected chi connectivity index (χ0v) is 11.9. The van der Waals surface area contributed by atoms with Gasteiger partial charge in [0.15, 0.2) is 0 Å². The van der Waals surface area contributed by atoms with Crippen LogP contribution in [0.1, 0.15) is 50.6 Å². The molecule has 1 rings (SSSR count). The van der Waals surface area contributed by atoms with E-state index < -0.39 is 0 Å². The van der Waals surface area contributed by atoms with Crippen molar-refractivity contribution >= 4 is 15.9 Å². The molecule has 0 aliphatic heterocycles. The van der Waals surface area contributed by atoms with Crippen molar-refractivity contribution in [1.29, 1.82) is 0 Å². The van der Waals surface area contributed by atoms with E-state index in [4.69, 9.17) is 0 Å². The van der Waals surface area contributed by atoms with Crippen LogP contribution >= 0.6 is 15.9 Å². The summed E-state index contributed by atoms with van der Waals surface area (Å²) < 4.78 is 1.21. The largest absolute Gasteiger partial charge is 0.313 e. The van der Waals surface area contributed by atoms with Crippen molar-refractivity contribution in [3.63, 3.8) is 0 Å². The fourth-order valence-corrected chi connectivity index (χ4v) is 2.55. The summed E-state index contributed by atoms with van der Waals surface area (Å²) in [5, 5.41) is 3.41. The topological polar surface area (TPSA) is 12.0 Å². The lowest BCUT2D eigenvalue weighted by Crippen LogP contribution is -2.16. The molecule has 0 saturated heterocycles. The number of hydrogen-bond donors (Lipinski definition) is 1. The number of nitrogens with one attached hydrogen (secondary N) is 1. The van der Waals surface area contributed by atoms with E-state index in [9.17, 15) is 0 Å². The molecule has 2 heteroatoms. The van der Waals surface area contributed by atoms with Crippen molar-refractivity contribution in [1.82, 2.24) is 5.32 Å². The average molecular weight is 284 g/mol. The first-order chi connectivity index (χ1) is 7.79. The van der Waals surface area contributed by atoms with Crippen molar-refractivity contribution in [2.75, 3.05) is 7.05 Å². The van der Waals surface area contributed by atoms with E-state index >= 15 is 0 Å². The molecule has 90 valence electrons. The lowest BCUT2D eigenvalue weighted by Gasteiger charge is -2.18. The molecule has 1 nitrogen and oxygen atoms in total. The van der Waals surface area contributed by atoms with E-state index in [2.05, 4.69) is 52.4 Å². The monoisotopic (exact) mass is 283 g/mol. The first kappa shape index (κ1) is 13.7. The first-order valence-corrected chi connectivity index (χ1v) is 7.00. The number of benzene rings is 1. The molecule has 1 atom stereocenters. The minimum absolute atomic E-state index is 0.479. The second kappa shape index (κ2) is 7.86. The number of unbranched alkanes of at least 4 members (excludes halogenated alkanes) is 3. The van der Waals surface area contributed by atoms with Crippen molar-refractivity contribution < 1.29 is 0 Å². The SMILES string of the molecule is CCCCCCC(NC)c1ccccc1Br. The van der Waals surface area contributed by atoms with Crippen LogP contribution in [-0.4, -0.2) is 7.05 Å². The summed E-state index contributed by atoms with van der Waals surface area (Å²) in [5.74, 6) is 0. The van der Waals surface area contributed by atoms with Crippen LogP contribution in [0.3, 0.4) is 0 Å². The minimum atomic E-state index is 0.479. The van der Waals surface area contributed by atoms with E-state index in [1.54, 1.807) is 0 Å². The molecule has 0 amide bonds. The van der Waals surface area contributed by atoms with Crippen molar-refractivity contribution in [3.8, 4) is 0 Å². The highest BCUT2D eigenvalue weighted by molar-refractivity contribution is 9.10. The Kier molecular flexibility index (Phi) is 6.74. The molecule has 0 aromatic heterocycles. The fraction of sp³-hybridized carbons (Fsp3) is 0.571. The highest BCUT2D eigenvalue weighted by atomic mass is 79.9. The van der Waals surface area contributed by atoms with Crippen LogP contribution in [0.2, 0.25) is 0 Å². The van der Waals surface area contributed by atoms with Crippen molar-refractivity contribution in [2.24, 2.45) is 0 Å². The minimum Gasteiger partial charge on any atom is -0.313 e. The molecule has 0 radical (unpaired) electrons. The van der Waals surface area contributed by atoms with Gasteiger partial charge in [0.2, 0.25) is 0 Å². The molecule has 1 unspecified atom stereocenters. The Morgan fingerprint density at radius 3 is 2.56 bits per heavy atom. The molecule has 0 heterocycles. The maximum atomic E-state index is 3.62. The van der Waals surface area contributed by atoms with E-state index in [1.807, 2.05) is 7.05 Å². The van der Waals surface area contributed by atoms with Gasteiger partial charge in [0.1, 0.15) is 0 Å². The second-order valence-electron chi connectivity index (χ2n) is 4.21. The predicted octanol–water partition coefficient (Wildman–Crippen LogP) is 4.68. The normalized spacial score (nSPS) is 12.7. The van der Waals surface area contributed by atoms with E-state index in [-0.39, 0.29) is 0 Å². The van der Waals surface area contributed by atoms with Crippen LogP contribution in [0.25, 0.3) is 0 Å². The molecular weight excluding hydrogens is 262 g/mol. The van der Waals surface area contributed by atoms with Crippen molar-refractivity contribution in [2.45, 2.75) is 45.1 Å². The third kappa shape index (κ3) is 4.26. The molecule has 1 aromatic carbocycles. The molecule has 0 bridgehead atoms. The van der Waals surface area contributed by atoms with Gasteiger partial charge in [-0.3, -0.25) is 0 Å². The molecule has 0 saturated carbocycles. The van der Waals surface area contributed by atoms with Crippen LogP contribution in [-0.2, 0) is 0 Å². The van der Waals surface area contributed by atoms with Gasteiger partial charge in [-0.2, -0.15) is 0 Å². The van der Waals surface area contributed by atoms with Gasteiger partial charge in [-0.15, -0.1) is 0 Å². The molecule has 0 fully saturated rings. The zero-order chi connectivity index (χ0) is 11.8. The Morgan fingerprint density at radius 1 is 1.19 bits per heavy atom. The number of halogens is 1. The molecule has 1 N–H and O–H groups in total. The summed E-state index contributed by atoms with van der Waals surface area (Å²) in [4.78, 5) is 0. The Balaban J connectivity index is 2.51. The molecule has 0 spiro atoms. The average Bonchev–Trinajstić information content (AvgIpc) is 2.31. The highest BCUT2D eigenvalue weighted by Gasteiger charge is 2.11. The number of rotatable bonds is 7.